The molecule has 0 aliphatic rings. The first-order valence-electron chi connectivity index (χ1n) is 4.89. The third kappa shape index (κ3) is 2.48. The second kappa shape index (κ2) is 5.13. The molecule has 6 heteroatoms. The summed E-state index contributed by atoms with van der Waals surface area (Å²) in [4.78, 5) is 3.96. The lowest BCUT2D eigenvalue weighted by atomic mass is 10.2. The highest BCUT2D eigenvalue weighted by molar-refractivity contribution is 6.35. The molecule has 0 aliphatic heterocycles. The van der Waals surface area contributed by atoms with Crippen LogP contribution in [0, 0.1) is 11.3 Å². The van der Waals surface area contributed by atoms with Crippen LogP contribution in [0.4, 0.5) is 5.69 Å². The summed E-state index contributed by atoms with van der Waals surface area (Å²) < 4.78 is 5.46. The number of nitrogens with two attached hydrogens (primary N) is 1. The van der Waals surface area contributed by atoms with Crippen LogP contribution in [-0.4, -0.2) is 4.98 Å². The van der Waals surface area contributed by atoms with Crippen LogP contribution in [-0.2, 0) is 0 Å². The van der Waals surface area contributed by atoms with Crippen LogP contribution in [0.1, 0.15) is 5.56 Å². The van der Waals surface area contributed by atoms with Crippen LogP contribution < -0.4 is 10.5 Å². The minimum atomic E-state index is 0.137. The highest BCUT2D eigenvalue weighted by Gasteiger charge is 2.10. The van der Waals surface area contributed by atoms with Gasteiger partial charge in [0.2, 0.25) is 5.88 Å². The maximum Gasteiger partial charge on any atom is 0.244 e. The molecular weight excluding hydrogens is 273 g/mol. The molecule has 0 atom stereocenters. The van der Waals surface area contributed by atoms with Crippen LogP contribution in [0.2, 0.25) is 10.0 Å². The third-order valence-corrected chi connectivity index (χ3v) is 2.71. The van der Waals surface area contributed by atoms with Crippen LogP contribution in [0.15, 0.2) is 30.5 Å². The van der Waals surface area contributed by atoms with Crippen molar-refractivity contribution in [3.05, 3.63) is 46.1 Å². The van der Waals surface area contributed by atoms with Crippen molar-refractivity contribution in [1.29, 1.82) is 5.26 Å². The van der Waals surface area contributed by atoms with Crippen LogP contribution in [0.25, 0.3) is 0 Å². The smallest absolute Gasteiger partial charge is 0.244 e. The van der Waals surface area contributed by atoms with Gasteiger partial charge in [0.15, 0.2) is 0 Å². The summed E-state index contributed by atoms with van der Waals surface area (Å²) in [5.41, 5.74) is 6.21. The lowest BCUT2D eigenvalue weighted by molar-refractivity contribution is 0.465. The molecule has 2 rings (SSSR count). The predicted molar refractivity (Wildman–Crippen MR) is 69.9 cm³/mol. The molecule has 0 unspecified atom stereocenters. The van der Waals surface area contributed by atoms with E-state index in [2.05, 4.69) is 4.98 Å². The Labute approximate surface area is 114 Å². The molecule has 90 valence electrons. The Morgan fingerprint density at radius 1 is 1.28 bits per heavy atom. The van der Waals surface area contributed by atoms with Crippen LogP contribution >= 0.6 is 23.2 Å². The number of halogens is 2. The van der Waals surface area contributed by atoms with E-state index in [-0.39, 0.29) is 11.6 Å². The molecule has 0 radical (unpaired) electrons. The van der Waals surface area contributed by atoms with Gasteiger partial charge in [-0.3, -0.25) is 0 Å². The molecule has 0 spiro atoms. The summed E-state index contributed by atoms with van der Waals surface area (Å²) >= 11 is 11.7. The van der Waals surface area contributed by atoms with Gasteiger partial charge in [-0.25, -0.2) is 4.98 Å². The van der Waals surface area contributed by atoms with Crippen LogP contribution in [0.5, 0.6) is 11.6 Å². The SMILES string of the molecule is N#Cc1ccnc(Oc2ccc(Cl)cc2Cl)c1N. The highest BCUT2D eigenvalue weighted by Crippen LogP contribution is 2.33. The second-order valence-electron chi connectivity index (χ2n) is 3.37. The number of hydrogen-bond donors (Lipinski definition) is 1. The standard InChI is InChI=1S/C12H7Cl2N3O/c13-8-1-2-10(9(14)5-8)18-12-11(16)7(6-15)3-4-17-12/h1-5H,16H2. The van der Waals surface area contributed by atoms with Gasteiger partial charge in [-0.2, -0.15) is 5.26 Å². The quantitative estimate of drug-likeness (QED) is 0.911. The maximum atomic E-state index is 8.84. The van der Waals surface area contributed by atoms with Gasteiger partial charge in [-0.1, -0.05) is 23.2 Å². The normalized spacial score (nSPS) is 9.83. The largest absolute Gasteiger partial charge is 0.435 e. The fraction of sp³-hybridized carbons (Fsp3) is 0. The Balaban J connectivity index is 2.38. The zero-order chi connectivity index (χ0) is 13.1. The Bertz CT molecular complexity index is 638. The van der Waals surface area contributed by atoms with Crippen molar-refractivity contribution < 1.29 is 4.74 Å². The lowest BCUT2D eigenvalue weighted by Crippen LogP contribution is -1.98. The predicted octanol–water partition coefficient (Wildman–Crippen LogP) is 3.63. The van der Waals surface area contributed by atoms with E-state index in [1.165, 1.54) is 12.3 Å². The molecule has 0 amide bonds. The van der Waals surface area contributed by atoms with Gasteiger partial charge in [0.1, 0.15) is 17.5 Å². The number of nitrogen functional groups attached to an aromatic ring is 1. The Kier molecular flexibility index (Phi) is 3.56. The molecule has 1 heterocycles. The van der Waals surface area contributed by atoms with Crippen molar-refractivity contribution in [3.8, 4) is 17.7 Å². The van der Waals surface area contributed by atoms with Crippen molar-refractivity contribution in [2.24, 2.45) is 0 Å². The summed E-state index contributed by atoms with van der Waals surface area (Å²) in [5, 5.41) is 9.68. The molecular formula is C12H7Cl2N3O. The van der Waals surface area contributed by atoms with E-state index in [0.717, 1.165) is 0 Å². The van der Waals surface area contributed by atoms with E-state index in [1.54, 1.807) is 18.2 Å². The number of rotatable bonds is 2. The number of nitrogens with zero attached hydrogens (tertiary/aromatic N) is 2. The lowest BCUT2D eigenvalue weighted by Gasteiger charge is -2.09. The van der Waals surface area contributed by atoms with E-state index >= 15 is 0 Å². The van der Waals surface area contributed by atoms with Gasteiger partial charge in [-0.05, 0) is 24.3 Å². The van der Waals surface area contributed by atoms with Gasteiger partial charge >= 0.3 is 0 Å². The molecule has 18 heavy (non-hydrogen) atoms. The summed E-state index contributed by atoms with van der Waals surface area (Å²) in [7, 11) is 0. The number of aromatic nitrogens is 1. The zero-order valence-corrected chi connectivity index (χ0v) is 10.5. The number of hydrogen-bond acceptors (Lipinski definition) is 4. The van der Waals surface area contributed by atoms with E-state index < -0.39 is 0 Å². The monoisotopic (exact) mass is 279 g/mol. The Hall–Kier alpha value is -1.96. The second-order valence-corrected chi connectivity index (χ2v) is 4.21. The van der Waals surface area contributed by atoms with Gasteiger partial charge in [0.25, 0.3) is 0 Å². The fourth-order valence-electron chi connectivity index (χ4n) is 1.29. The number of nitriles is 1. The van der Waals surface area contributed by atoms with Crippen molar-refractivity contribution in [3.63, 3.8) is 0 Å². The van der Waals surface area contributed by atoms with Crippen molar-refractivity contribution >= 4 is 28.9 Å². The molecule has 0 saturated carbocycles. The third-order valence-electron chi connectivity index (χ3n) is 2.17. The van der Waals surface area contributed by atoms with Crippen molar-refractivity contribution in [2.45, 2.75) is 0 Å². The summed E-state index contributed by atoms with van der Waals surface area (Å²) in [6, 6.07) is 8.23. The first-order valence-corrected chi connectivity index (χ1v) is 5.65. The van der Waals surface area contributed by atoms with Crippen LogP contribution in [0.3, 0.4) is 0 Å². The number of anilines is 1. The molecule has 0 fully saturated rings. The molecule has 1 aromatic carbocycles. The topological polar surface area (TPSA) is 71.9 Å². The minimum Gasteiger partial charge on any atom is -0.435 e. The molecule has 0 aliphatic carbocycles. The van der Waals surface area contributed by atoms with Gasteiger partial charge in [0.05, 0.1) is 10.6 Å². The summed E-state index contributed by atoms with van der Waals surface area (Å²) in [5.74, 6) is 0.508. The Morgan fingerprint density at radius 2 is 2.06 bits per heavy atom. The maximum absolute atomic E-state index is 8.84. The summed E-state index contributed by atoms with van der Waals surface area (Å²) in [6.45, 7) is 0. The van der Waals surface area contributed by atoms with E-state index in [1.807, 2.05) is 6.07 Å². The van der Waals surface area contributed by atoms with E-state index in [9.17, 15) is 0 Å². The first kappa shape index (κ1) is 12.5. The molecule has 1 aromatic heterocycles. The summed E-state index contributed by atoms with van der Waals surface area (Å²) in [6.07, 6.45) is 1.44. The number of pyridine rings is 1. The van der Waals surface area contributed by atoms with Gasteiger partial charge in [-0.15, -0.1) is 0 Å². The Morgan fingerprint density at radius 3 is 2.72 bits per heavy atom. The van der Waals surface area contributed by atoms with Crippen molar-refractivity contribution in [2.75, 3.05) is 5.73 Å². The van der Waals surface area contributed by atoms with E-state index in [0.29, 0.717) is 21.4 Å². The molecule has 2 aromatic rings. The number of benzene rings is 1. The molecule has 0 bridgehead atoms. The average molecular weight is 280 g/mol. The minimum absolute atomic E-state index is 0.137. The molecule has 4 nitrogen and oxygen atoms in total. The van der Waals surface area contributed by atoms with E-state index in [4.69, 9.17) is 38.9 Å². The number of ether oxygens (including phenoxy) is 1. The molecule has 0 saturated heterocycles. The van der Waals surface area contributed by atoms with Crippen molar-refractivity contribution in [1.82, 2.24) is 4.98 Å². The van der Waals surface area contributed by atoms with Gasteiger partial charge in [0, 0.05) is 11.2 Å². The molecule has 2 N–H and O–H groups in total. The first-order chi connectivity index (χ1) is 8.61. The highest BCUT2D eigenvalue weighted by atomic mass is 35.5. The van der Waals surface area contributed by atoms with Gasteiger partial charge < -0.3 is 10.5 Å². The average Bonchev–Trinajstić information content (AvgIpc) is 2.35. The fourth-order valence-corrected chi connectivity index (χ4v) is 1.74. The zero-order valence-electron chi connectivity index (χ0n) is 9.02.